The Kier molecular flexibility index (Phi) is 4.06. The zero-order valence-corrected chi connectivity index (χ0v) is 12.0. The molecule has 0 fully saturated rings. The van der Waals surface area contributed by atoms with Crippen LogP contribution in [0.25, 0.3) is 5.65 Å². The van der Waals surface area contributed by atoms with Gasteiger partial charge in [-0.3, -0.25) is 0 Å². The monoisotopic (exact) mass is 293 g/mol. The Bertz CT molecular complexity index is 707. The largest absolute Gasteiger partial charge is 0.866 e. The topological polar surface area (TPSA) is 96.8 Å². The van der Waals surface area contributed by atoms with Crippen molar-refractivity contribution in [3.8, 4) is 5.75 Å². The third-order valence-corrected chi connectivity index (χ3v) is 2.81. The van der Waals surface area contributed by atoms with Gasteiger partial charge in [0.1, 0.15) is 6.20 Å². The van der Waals surface area contributed by atoms with Crippen molar-refractivity contribution in [1.29, 1.82) is 0 Å². The maximum atomic E-state index is 12.5. The molecule has 2 aromatic rings. The van der Waals surface area contributed by atoms with Crippen molar-refractivity contribution in [1.82, 2.24) is 9.61 Å². The number of esters is 2. The number of hydrogen-bond acceptors (Lipinski definition) is 6. The second-order valence-corrected chi connectivity index (χ2v) is 4.17. The van der Waals surface area contributed by atoms with E-state index in [-0.39, 0.29) is 24.6 Å². The van der Waals surface area contributed by atoms with E-state index in [1.807, 2.05) is 0 Å². The molecule has 2 aromatic heterocycles. The third-order valence-electron chi connectivity index (χ3n) is 2.81. The Morgan fingerprint density at radius 3 is 2.52 bits per heavy atom. The van der Waals surface area contributed by atoms with E-state index >= 15 is 0 Å². The Balaban J connectivity index is 2.72. The van der Waals surface area contributed by atoms with E-state index in [4.69, 9.17) is 9.47 Å². The molecule has 0 aliphatic heterocycles. The Labute approximate surface area is 120 Å². The number of aromatic nitrogens is 3. The van der Waals surface area contributed by atoms with Gasteiger partial charge in [-0.05, 0) is 13.8 Å². The Morgan fingerprint density at radius 1 is 1.29 bits per heavy atom. The molecule has 0 radical (unpaired) electrons. The predicted octanol–water partition coefficient (Wildman–Crippen LogP) is -0.414. The van der Waals surface area contributed by atoms with E-state index < -0.39 is 23.3 Å². The highest BCUT2D eigenvalue weighted by molar-refractivity contribution is 6.04. The number of carbonyl (C=O) groups is 2. The molecule has 21 heavy (non-hydrogen) atoms. The SMILES string of the molecule is CCOC(=O)c1nn2cc[n+](C)c2c([O-])c1C(=O)OCC. The number of nitrogens with zero attached hydrogens (tertiary/aromatic N) is 3. The van der Waals surface area contributed by atoms with E-state index in [1.165, 1.54) is 15.3 Å². The van der Waals surface area contributed by atoms with E-state index in [2.05, 4.69) is 5.10 Å². The lowest BCUT2D eigenvalue weighted by Crippen LogP contribution is -2.30. The van der Waals surface area contributed by atoms with Crippen LogP contribution in [0.5, 0.6) is 5.75 Å². The van der Waals surface area contributed by atoms with Gasteiger partial charge in [0.25, 0.3) is 5.65 Å². The van der Waals surface area contributed by atoms with E-state index in [9.17, 15) is 14.7 Å². The molecule has 0 saturated carbocycles. The summed E-state index contributed by atoms with van der Waals surface area (Å²) in [6, 6.07) is 0. The molecule has 0 amide bonds. The van der Waals surface area contributed by atoms with Crippen LogP contribution >= 0.6 is 0 Å². The highest BCUT2D eigenvalue weighted by Gasteiger charge is 2.28. The van der Waals surface area contributed by atoms with Gasteiger partial charge in [0.2, 0.25) is 5.69 Å². The Morgan fingerprint density at radius 2 is 1.90 bits per heavy atom. The molecule has 0 saturated heterocycles. The normalized spacial score (nSPS) is 10.6. The Hall–Kier alpha value is -2.64. The highest BCUT2D eigenvalue weighted by atomic mass is 16.5. The molecule has 0 bridgehead atoms. The van der Waals surface area contributed by atoms with Crippen molar-refractivity contribution in [3.05, 3.63) is 23.7 Å². The minimum atomic E-state index is -0.887. The first-order chi connectivity index (χ1) is 10.0. The van der Waals surface area contributed by atoms with Crippen molar-refractivity contribution >= 4 is 17.6 Å². The molecule has 8 nitrogen and oxygen atoms in total. The van der Waals surface area contributed by atoms with Crippen molar-refractivity contribution in [3.63, 3.8) is 0 Å². The van der Waals surface area contributed by atoms with Crippen molar-refractivity contribution in [2.24, 2.45) is 7.05 Å². The molecule has 0 spiro atoms. The van der Waals surface area contributed by atoms with Crippen LogP contribution in [-0.4, -0.2) is 34.8 Å². The van der Waals surface area contributed by atoms with Crippen LogP contribution in [0.15, 0.2) is 12.4 Å². The molecule has 0 aliphatic carbocycles. The van der Waals surface area contributed by atoms with Gasteiger partial charge in [0.05, 0.1) is 25.8 Å². The van der Waals surface area contributed by atoms with E-state index in [0.717, 1.165) is 0 Å². The first-order valence-corrected chi connectivity index (χ1v) is 6.43. The van der Waals surface area contributed by atoms with Crippen LogP contribution in [0.2, 0.25) is 0 Å². The summed E-state index contributed by atoms with van der Waals surface area (Å²) >= 11 is 0. The summed E-state index contributed by atoms with van der Waals surface area (Å²) in [7, 11) is 1.64. The number of carbonyl (C=O) groups excluding carboxylic acids is 2. The van der Waals surface area contributed by atoms with Gasteiger partial charge < -0.3 is 14.6 Å². The molecule has 0 aliphatic rings. The first-order valence-electron chi connectivity index (χ1n) is 6.43. The fraction of sp³-hybridized carbons (Fsp3) is 0.385. The second kappa shape index (κ2) is 5.78. The van der Waals surface area contributed by atoms with Gasteiger partial charge in [-0.1, -0.05) is 5.10 Å². The lowest BCUT2D eigenvalue weighted by atomic mass is 10.2. The zero-order valence-electron chi connectivity index (χ0n) is 12.0. The number of ether oxygens (including phenoxy) is 2. The van der Waals surface area contributed by atoms with Crippen LogP contribution < -0.4 is 9.67 Å². The number of imidazole rings is 1. The number of rotatable bonds is 4. The summed E-state index contributed by atoms with van der Waals surface area (Å²) in [4.78, 5) is 23.9. The molecular formula is C13H15N3O5. The van der Waals surface area contributed by atoms with E-state index in [1.54, 1.807) is 27.1 Å². The summed E-state index contributed by atoms with van der Waals surface area (Å²) < 4.78 is 12.4. The number of hydrogen-bond donors (Lipinski definition) is 0. The number of fused-ring (bicyclic) bond motifs is 1. The summed E-state index contributed by atoms with van der Waals surface area (Å²) in [5.74, 6) is -2.35. The quantitative estimate of drug-likeness (QED) is 0.561. The summed E-state index contributed by atoms with van der Waals surface area (Å²) in [6.45, 7) is 3.41. The zero-order chi connectivity index (χ0) is 15.6. The summed E-state index contributed by atoms with van der Waals surface area (Å²) in [5, 5.41) is 16.5. The average Bonchev–Trinajstić information content (AvgIpc) is 2.80. The second-order valence-electron chi connectivity index (χ2n) is 4.17. The van der Waals surface area contributed by atoms with Gasteiger partial charge in [-0.2, -0.15) is 0 Å². The van der Waals surface area contributed by atoms with Gasteiger partial charge in [-0.25, -0.2) is 14.2 Å². The summed E-state index contributed by atoms with van der Waals surface area (Å²) in [5.41, 5.74) is -0.591. The molecule has 0 unspecified atom stereocenters. The van der Waals surface area contributed by atoms with Crippen LogP contribution in [0.3, 0.4) is 0 Å². The molecular weight excluding hydrogens is 278 g/mol. The minimum Gasteiger partial charge on any atom is -0.866 e. The lowest BCUT2D eigenvalue weighted by Gasteiger charge is -2.13. The fourth-order valence-electron chi connectivity index (χ4n) is 1.92. The van der Waals surface area contributed by atoms with Gasteiger partial charge >= 0.3 is 11.9 Å². The van der Waals surface area contributed by atoms with Crippen molar-refractivity contribution in [2.75, 3.05) is 13.2 Å². The molecule has 0 atom stereocenters. The van der Waals surface area contributed by atoms with Crippen molar-refractivity contribution in [2.45, 2.75) is 13.8 Å². The molecule has 2 heterocycles. The van der Waals surface area contributed by atoms with Crippen LogP contribution in [0.4, 0.5) is 0 Å². The van der Waals surface area contributed by atoms with Crippen LogP contribution in [0, 0.1) is 0 Å². The summed E-state index contributed by atoms with van der Waals surface area (Å²) in [6.07, 6.45) is 3.10. The first kappa shape index (κ1) is 14.8. The van der Waals surface area contributed by atoms with E-state index in [0.29, 0.717) is 0 Å². The average molecular weight is 293 g/mol. The molecule has 8 heteroatoms. The maximum Gasteiger partial charge on any atom is 0.361 e. The minimum absolute atomic E-state index is 0.0822. The lowest BCUT2D eigenvalue weighted by molar-refractivity contribution is -0.646. The van der Waals surface area contributed by atoms with Gasteiger partial charge in [0.15, 0.2) is 6.20 Å². The highest BCUT2D eigenvalue weighted by Crippen LogP contribution is 2.22. The van der Waals surface area contributed by atoms with Crippen LogP contribution in [-0.2, 0) is 16.5 Å². The molecule has 2 rings (SSSR count). The van der Waals surface area contributed by atoms with Crippen LogP contribution in [0.1, 0.15) is 34.7 Å². The fourth-order valence-corrected chi connectivity index (χ4v) is 1.92. The third kappa shape index (κ3) is 2.51. The predicted molar refractivity (Wildman–Crippen MR) is 67.7 cm³/mol. The van der Waals surface area contributed by atoms with Gasteiger partial charge in [0, 0.05) is 5.75 Å². The number of aryl methyl sites for hydroxylation is 1. The van der Waals surface area contributed by atoms with Crippen molar-refractivity contribution < 1.29 is 28.7 Å². The standard InChI is InChI=1S/C13H15N3O5/c1-4-20-12(18)8-9(13(19)21-5-2)14-16-7-6-15(3)11(16)10(8)17/h6-7H,4-5H2,1-3H3. The smallest absolute Gasteiger partial charge is 0.361 e. The molecule has 0 N–H and O–H groups in total. The van der Waals surface area contributed by atoms with Gasteiger partial charge in [-0.15, -0.1) is 4.52 Å². The molecule has 0 aromatic carbocycles. The molecule has 112 valence electrons. The maximum absolute atomic E-state index is 12.5.